The quantitative estimate of drug-likeness (QED) is 0.748. The molecule has 1 heterocycles. The molecule has 0 fully saturated rings. The second kappa shape index (κ2) is 3.40. The van der Waals surface area contributed by atoms with Gasteiger partial charge in [0.1, 0.15) is 5.75 Å². The summed E-state index contributed by atoms with van der Waals surface area (Å²) < 4.78 is 2.22. The first-order valence-corrected chi connectivity index (χ1v) is 6.08. The van der Waals surface area contributed by atoms with Crippen molar-refractivity contribution in [3.63, 3.8) is 0 Å². The van der Waals surface area contributed by atoms with Gasteiger partial charge in [0.05, 0.1) is 4.21 Å². The predicted octanol–water partition coefficient (Wildman–Crippen LogP) is 3.98. The molecule has 0 bridgehead atoms. The minimum atomic E-state index is 0.263. The third-order valence-electron chi connectivity index (χ3n) is 1.76. The average molecular weight is 231 g/mol. The van der Waals surface area contributed by atoms with Crippen molar-refractivity contribution in [2.75, 3.05) is 6.26 Å². The van der Waals surface area contributed by atoms with Crippen LogP contribution in [0.5, 0.6) is 5.75 Å². The van der Waals surface area contributed by atoms with E-state index in [0.29, 0.717) is 5.02 Å². The minimum Gasteiger partial charge on any atom is -0.507 e. The Morgan fingerprint density at radius 3 is 2.85 bits per heavy atom. The number of phenolic OH excluding ortho intramolecular Hbond substituents is 1. The van der Waals surface area contributed by atoms with Gasteiger partial charge in [0.2, 0.25) is 0 Å². The fraction of sp³-hybridized carbons (Fsp3) is 0.111. The smallest absolute Gasteiger partial charge is 0.125 e. The van der Waals surface area contributed by atoms with E-state index < -0.39 is 0 Å². The molecule has 0 aliphatic heterocycles. The topological polar surface area (TPSA) is 20.2 Å². The number of benzene rings is 1. The molecule has 0 radical (unpaired) electrons. The Labute approximate surface area is 89.3 Å². The highest BCUT2D eigenvalue weighted by Gasteiger charge is 2.06. The van der Waals surface area contributed by atoms with Crippen LogP contribution < -0.4 is 0 Å². The van der Waals surface area contributed by atoms with Gasteiger partial charge in [0, 0.05) is 15.1 Å². The van der Waals surface area contributed by atoms with Crippen molar-refractivity contribution in [3.05, 3.63) is 23.2 Å². The van der Waals surface area contributed by atoms with Gasteiger partial charge in [0.25, 0.3) is 0 Å². The number of hydrogen-bond donors (Lipinski definition) is 1. The van der Waals surface area contributed by atoms with Crippen molar-refractivity contribution in [2.24, 2.45) is 0 Å². The average Bonchev–Trinajstić information content (AvgIpc) is 2.47. The first-order valence-electron chi connectivity index (χ1n) is 3.67. The number of rotatable bonds is 1. The minimum absolute atomic E-state index is 0.263. The van der Waals surface area contributed by atoms with E-state index in [1.807, 2.05) is 18.4 Å². The highest BCUT2D eigenvalue weighted by Crippen LogP contribution is 2.38. The predicted molar refractivity (Wildman–Crippen MR) is 60.3 cm³/mol. The Morgan fingerprint density at radius 2 is 2.15 bits per heavy atom. The lowest BCUT2D eigenvalue weighted by Gasteiger charge is -1.94. The van der Waals surface area contributed by atoms with Gasteiger partial charge in [-0.1, -0.05) is 11.6 Å². The first kappa shape index (κ1) is 9.19. The zero-order valence-electron chi connectivity index (χ0n) is 6.87. The van der Waals surface area contributed by atoms with Gasteiger partial charge in [0.15, 0.2) is 0 Å². The maximum Gasteiger partial charge on any atom is 0.125 e. The summed E-state index contributed by atoms with van der Waals surface area (Å²) >= 11 is 9.13. The first-order chi connectivity index (χ1) is 6.20. The van der Waals surface area contributed by atoms with E-state index in [1.54, 1.807) is 29.2 Å². The molecule has 1 nitrogen and oxygen atoms in total. The summed E-state index contributed by atoms with van der Waals surface area (Å²) in [5.41, 5.74) is 0. The van der Waals surface area contributed by atoms with Crippen LogP contribution in [-0.2, 0) is 0 Å². The van der Waals surface area contributed by atoms with Gasteiger partial charge >= 0.3 is 0 Å². The summed E-state index contributed by atoms with van der Waals surface area (Å²) in [4.78, 5) is 0. The van der Waals surface area contributed by atoms with Gasteiger partial charge in [-0.2, -0.15) is 0 Å². The third kappa shape index (κ3) is 1.64. The van der Waals surface area contributed by atoms with E-state index in [1.165, 1.54) is 4.21 Å². The molecule has 68 valence electrons. The fourth-order valence-electron chi connectivity index (χ4n) is 1.17. The van der Waals surface area contributed by atoms with Crippen LogP contribution in [-0.4, -0.2) is 11.4 Å². The van der Waals surface area contributed by atoms with Crippen molar-refractivity contribution in [1.29, 1.82) is 0 Å². The fourth-order valence-corrected chi connectivity index (χ4v) is 3.13. The maximum atomic E-state index is 9.57. The van der Waals surface area contributed by atoms with Crippen LogP contribution in [0.4, 0.5) is 0 Å². The molecule has 1 aromatic carbocycles. The van der Waals surface area contributed by atoms with Crippen LogP contribution in [0.1, 0.15) is 0 Å². The largest absolute Gasteiger partial charge is 0.507 e. The lowest BCUT2D eigenvalue weighted by atomic mass is 10.2. The third-order valence-corrected chi connectivity index (χ3v) is 4.12. The Morgan fingerprint density at radius 1 is 1.38 bits per heavy atom. The molecule has 4 heteroatoms. The number of hydrogen-bond acceptors (Lipinski definition) is 3. The molecule has 0 unspecified atom stereocenters. The Hall–Kier alpha value is -0.380. The molecule has 0 aliphatic carbocycles. The van der Waals surface area contributed by atoms with Gasteiger partial charge in [-0.25, -0.2) is 0 Å². The highest BCUT2D eigenvalue weighted by molar-refractivity contribution is 8.00. The molecule has 1 N–H and O–H groups in total. The molecule has 0 amide bonds. The van der Waals surface area contributed by atoms with E-state index >= 15 is 0 Å². The lowest BCUT2D eigenvalue weighted by Crippen LogP contribution is -1.66. The molecular formula is C9H7ClOS2. The maximum absolute atomic E-state index is 9.57. The Bertz CT molecular complexity index is 450. The molecule has 0 saturated heterocycles. The van der Waals surface area contributed by atoms with E-state index in [2.05, 4.69) is 0 Å². The zero-order chi connectivity index (χ0) is 9.42. The lowest BCUT2D eigenvalue weighted by molar-refractivity contribution is 0.482. The van der Waals surface area contributed by atoms with Crippen LogP contribution in [0.25, 0.3) is 10.1 Å². The molecule has 0 saturated carbocycles. The molecule has 13 heavy (non-hydrogen) atoms. The van der Waals surface area contributed by atoms with E-state index in [-0.39, 0.29) is 5.75 Å². The number of thiophene rings is 1. The normalized spacial score (nSPS) is 10.9. The Kier molecular flexibility index (Phi) is 2.41. The standard InChI is InChI=1S/C9H7ClOS2/c1-12-9-4-6-7(11)2-5(10)3-8(6)13-9/h2-4,11H,1H3. The molecule has 1 aromatic heterocycles. The highest BCUT2D eigenvalue weighted by atomic mass is 35.5. The number of thioether (sulfide) groups is 1. The van der Waals surface area contributed by atoms with Gasteiger partial charge in [-0.15, -0.1) is 23.1 Å². The van der Waals surface area contributed by atoms with Crippen molar-refractivity contribution >= 4 is 44.8 Å². The number of aromatic hydroxyl groups is 1. The summed E-state index contributed by atoms with van der Waals surface area (Å²) in [5.74, 6) is 0.263. The van der Waals surface area contributed by atoms with Crippen LogP contribution >= 0.6 is 34.7 Å². The molecule has 0 aliphatic rings. The molecule has 2 aromatic rings. The van der Waals surface area contributed by atoms with Crippen molar-refractivity contribution in [2.45, 2.75) is 4.21 Å². The Balaban J connectivity index is 2.75. The molecule has 0 spiro atoms. The van der Waals surface area contributed by atoms with Crippen molar-refractivity contribution in [3.8, 4) is 5.75 Å². The monoisotopic (exact) mass is 230 g/mol. The molecule has 0 atom stereocenters. The second-order valence-electron chi connectivity index (χ2n) is 2.61. The van der Waals surface area contributed by atoms with Gasteiger partial charge in [-0.05, 0) is 24.5 Å². The van der Waals surface area contributed by atoms with Gasteiger partial charge < -0.3 is 5.11 Å². The summed E-state index contributed by atoms with van der Waals surface area (Å²) in [7, 11) is 0. The van der Waals surface area contributed by atoms with E-state index in [4.69, 9.17) is 11.6 Å². The molecular weight excluding hydrogens is 224 g/mol. The summed E-state index contributed by atoms with van der Waals surface area (Å²) in [6.45, 7) is 0. The summed E-state index contributed by atoms with van der Waals surface area (Å²) in [6.07, 6.45) is 2.02. The van der Waals surface area contributed by atoms with Crippen LogP contribution in [0, 0.1) is 0 Å². The van der Waals surface area contributed by atoms with Crippen LogP contribution in [0.15, 0.2) is 22.4 Å². The number of halogens is 1. The number of phenols is 1. The van der Waals surface area contributed by atoms with Gasteiger partial charge in [-0.3, -0.25) is 0 Å². The number of fused-ring (bicyclic) bond motifs is 1. The summed E-state index contributed by atoms with van der Waals surface area (Å²) in [5, 5.41) is 11.0. The second-order valence-corrected chi connectivity index (χ2v) is 5.23. The van der Waals surface area contributed by atoms with Crippen molar-refractivity contribution in [1.82, 2.24) is 0 Å². The zero-order valence-corrected chi connectivity index (χ0v) is 9.26. The van der Waals surface area contributed by atoms with E-state index in [9.17, 15) is 5.11 Å². The molecule has 2 rings (SSSR count). The van der Waals surface area contributed by atoms with Crippen LogP contribution in [0.2, 0.25) is 5.02 Å². The van der Waals surface area contributed by atoms with E-state index in [0.717, 1.165) is 10.1 Å². The van der Waals surface area contributed by atoms with Crippen molar-refractivity contribution < 1.29 is 5.11 Å². The van der Waals surface area contributed by atoms with Crippen LogP contribution in [0.3, 0.4) is 0 Å². The SMILES string of the molecule is CSc1cc2c(O)cc(Cl)cc2s1. The summed E-state index contributed by atoms with van der Waals surface area (Å²) in [6, 6.07) is 5.43.